The molecular weight excluding hydrogens is 324 g/mol. The van der Waals surface area contributed by atoms with Crippen LogP contribution in [0.25, 0.3) is 0 Å². The van der Waals surface area contributed by atoms with E-state index < -0.39 is 5.97 Å². The zero-order valence-electron chi connectivity index (χ0n) is 14.2. The van der Waals surface area contributed by atoms with Gasteiger partial charge < -0.3 is 20.1 Å². The fraction of sp³-hybridized carbons (Fsp3) is 0.353. The van der Waals surface area contributed by atoms with Crippen LogP contribution < -0.4 is 10.1 Å². The summed E-state index contributed by atoms with van der Waals surface area (Å²) in [7, 11) is 1.60. The van der Waals surface area contributed by atoms with Crippen molar-refractivity contribution < 1.29 is 19.4 Å². The number of hydrogen-bond donors (Lipinski definition) is 2. The highest BCUT2D eigenvalue weighted by Crippen LogP contribution is 2.26. The van der Waals surface area contributed by atoms with E-state index in [2.05, 4.69) is 10.4 Å². The van der Waals surface area contributed by atoms with Gasteiger partial charge in [0, 0.05) is 25.6 Å². The van der Waals surface area contributed by atoms with Gasteiger partial charge in [0.15, 0.2) is 5.69 Å². The number of carboxylic acid groups (broad SMARTS) is 1. The van der Waals surface area contributed by atoms with Crippen molar-refractivity contribution in [1.82, 2.24) is 14.7 Å². The molecule has 2 heterocycles. The number of rotatable bonds is 4. The Balaban J connectivity index is 1.78. The number of amides is 2. The van der Waals surface area contributed by atoms with Crippen molar-refractivity contribution in [3.63, 3.8) is 0 Å². The molecule has 3 rings (SSSR count). The minimum Gasteiger partial charge on any atom is -0.492 e. The Morgan fingerprint density at radius 1 is 1.36 bits per heavy atom. The molecule has 132 valence electrons. The van der Waals surface area contributed by atoms with Crippen LogP contribution in [0.3, 0.4) is 0 Å². The van der Waals surface area contributed by atoms with Crippen LogP contribution in [0.4, 0.5) is 10.5 Å². The number of nitrogens with zero attached hydrogens (tertiary/aromatic N) is 3. The second-order valence-electron chi connectivity index (χ2n) is 5.73. The lowest BCUT2D eigenvalue weighted by Gasteiger charge is -2.27. The molecule has 8 heteroatoms. The molecule has 0 bridgehead atoms. The number of benzene rings is 1. The highest BCUT2D eigenvalue weighted by atomic mass is 16.5. The standard InChI is InChI=1S/C17H20N4O4/c1-3-25-14-7-5-4-6-13(14)18-17(24)21-9-8-12-11(10-21)15(16(22)23)20(2)19-12/h4-7H,3,8-10H2,1-2H3,(H,18,24)(H,22,23). The Labute approximate surface area is 145 Å². The first-order chi connectivity index (χ1) is 12.0. The molecule has 1 aliphatic heterocycles. The minimum absolute atomic E-state index is 0.127. The molecule has 8 nitrogen and oxygen atoms in total. The first kappa shape index (κ1) is 16.8. The summed E-state index contributed by atoms with van der Waals surface area (Å²) < 4.78 is 6.87. The summed E-state index contributed by atoms with van der Waals surface area (Å²) in [6.07, 6.45) is 0.525. The number of urea groups is 1. The second kappa shape index (κ2) is 6.84. The summed E-state index contributed by atoms with van der Waals surface area (Å²) in [5, 5.41) is 16.5. The average molecular weight is 344 g/mol. The fourth-order valence-electron chi connectivity index (χ4n) is 2.99. The van der Waals surface area contributed by atoms with Gasteiger partial charge in [-0.15, -0.1) is 0 Å². The number of para-hydroxylation sites is 2. The van der Waals surface area contributed by atoms with Gasteiger partial charge in [0.1, 0.15) is 5.75 Å². The maximum atomic E-state index is 12.6. The molecule has 0 saturated heterocycles. The van der Waals surface area contributed by atoms with Gasteiger partial charge >= 0.3 is 12.0 Å². The van der Waals surface area contributed by atoms with Gasteiger partial charge in [0.2, 0.25) is 0 Å². The van der Waals surface area contributed by atoms with Gasteiger partial charge in [-0.2, -0.15) is 5.10 Å². The Hall–Kier alpha value is -3.03. The fourth-order valence-corrected chi connectivity index (χ4v) is 2.99. The van der Waals surface area contributed by atoms with Crippen molar-refractivity contribution >= 4 is 17.7 Å². The third-order valence-electron chi connectivity index (χ3n) is 4.11. The molecule has 0 aliphatic carbocycles. The van der Waals surface area contributed by atoms with Crippen LogP contribution in [0.15, 0.2) is 24.3 Å². The first-order valence-corrected chi connectivity index (χ1v) is 8.07. The van der Waals surface area contributed by atoms with Crippen LogP contribution in [0, 0.1) is 0 Å². The largest absolute Gasteiger partial charge is 0.492 e. The first-order valence-electron chi connectivity index (χ1n) is 8.07. The lowest BCUT2D eigenvalue weighted by Crippen LogP contribution is -2.39. The third-order valence-corrected chi connectivity index (χ3v) is 4.11. The van der Waals surface area contributed by atoms with Crippen LogP contribution in [0.2, 0.25) is 0 Å². The number of nitrogens with one attached hydrogen (secondary N) is 1. The molecule has 1 aromatic carbocycles. The summed E-state index contributed by atoms with van der Waals surface area (Å²) in [6.45, 7) is 3.07. The van der Waals surface area contributed by atoms with Gasteiger partial charge in [-0.1, -0.05) is 12.1 Å². The molecule has 1 aliphatic rings. The van der Waals surface area contributed by atoms with E-state index in [0.717, 1.165) is 5.69 Å². The van der Waals surface area contributed by atoms with Crippen molar-refractivity contribution in [2.45, 2.75) is 19.9 Å². The van der Waals surface area contributed by atoms with Crippen LogP contribution in [-0.4, -0.2) is 44.9 Å². The number of aromatic nitrogens is 2. The van der Waals surface area contributed by atoms with E-state index in [-0.39, 0.29) is 18.3 Å². The highest BCUT2D eigenvalue weighted by molar-refractivity contribution is 5.92. The third kappa shape index (κ3) is 3.28. The predicted molar refractivity (Wildman–Crippen MR) is 90.9 cm³/mol. The summed E-state index contributed by atoms with van der Waals surface area (Å²) in [6, 6.07) is 6.92. The van der Waals surface area contributed by atoms with E-state index in [0.29, 0.717) is 36.6 Å². The zero-order valence-corrected chi connectivity index (χ0v) is 14.2. The van der Waals surface area contributed by atoms with Crippen molar-refractivity contribution in [1.29, 1.82) is 0 Å². The second-order valence-corrected chi connectivity index (χ2v) is 5.73. The topological polar surface area (TPSA) is 96.7 Å². The van der Waals surface area contributed by atoms with E-state index in [1.807, 2.05) is 19.1 Å². The molecule has 25 heavy (non-hydrogen) atoms. The molecule has 2 N–H and O–H groups in total. The summed E-state index contributed by atoms with van der Waals surface area (Å²) in [4.78, 5) is 25.6. The number of anilines is 1. The van der Waals surface area contributed by atoms with Crippen LogP contribution >= 0.6 is 0 Å². The van der Waals surface area contributed by atoms with E-state index >= 15 is 0 Å². The normalized spacial score (nSPS) is 13.3. The highest BCUT2D eigenvalue weighted by Gasteiger charge is 2.29. The van der Waals surface area contributed by atoms with Crippen LogP contribution in [0.1, 0.15) is 28.7 Å². The van der Waals surface area contributed by atoms with Crippen molar-refractivity contribution in [2.75, 3.05) is 18.5 Å². The zero-order chi connectivity index (χ0) is 18.0. The van der Waals surface area contributed by atoms with Gasteiger partial charge in [-0.25, -0.2) is 9.59 Å². The lowest BCUT2D eigenvalue weighted by molar-refractivity contribution is 0.0682. The van der Waals surface area contributed by atoms with Crippen molar-refractivity contribution in [2.24, 2.45) is 7.05 Å². The average Bonchev–Trinajstić information content (AvgIpc) is 2.91. The molecule has 2 aromatic rings. The van der Waals surface area contributed by atoms with E-state index in [1.165, 1.54) is 4.68 Å². The van der Waals surface area contributed by atoms with Gasteiger partial charge in [-0.05, 0) is 19.1 Å². The number of carbonyl (C=O) groups excluding carboxylic acids is 1. The van der Waals surface area contributed by atoms with Crippen molar-refractivity contribution in [3.05, 3.63) is 41.2 Å². The molecule has 0 saturated carbocycles. The number of hydrogen-bond acceptors (Lipinski definition) is 4. The number of aromatic carboxylic acids is 1. The Kier molecular flexibility index (Phi) is 4.60. The molecule has 0 atom stereocenters. The summed E-state index contributed by atoms with van der Waals surface area (Å²) in [5.41, 5.74) is 2.04. The van der Waals surface area contributed by atoms with Crippen molar-refractivity contribution in [3.8, 4) is 5.75 Å². The van der Waals surface area contributed by atoms with Gasteiger partial charge in [0.25, 0.3) is 0 Å². The van der Waals surface area contributed by atoms with E-state index in [1.54, 1.807) is 24.1 Å². The number of carboxylic acids is 1. The van der Waals surface area contributed by atoms with Crippen LogP contribution in [-0.2, 0) is 20.0 Å². The Bertz CT molecular complexity index is 815. The molecule has 0 fully saturated rings. The molecule has 0 unspecified atom stereocenters. The molecule has 2 amide bonds. The molecule has 0 radical (unpaired) electrons. The predicted octanol–water partition coefficient (Wildman–Crippen LogP) is 2.11. The number of carbonyl (C=O) groups is 2. The van der Waals surface area contributed by atoms with Crippen LogP contribution in [0.5, 0.6) is 5.75 Å². The van der Waals surface area contributed by atoms with E-state index in [9.17, 15) is 14.7 Å². The monoisotopic (exact) mass is 344 g/mol. The molecule has 1 aromatic heterocycles. The SMILES string of the molecule is CCOc1ccccc1NC(=O)N1CCc2nn(C)c(C(=O)O)c2C1. The maximum absolute atomic E-state index is 12.6. The summed E-state index contributed by atoms with van der Waals surface area (Å²) >= 11 is 0. The maximum Gasteiger partial charge on any atom is 0.354 e. The van der Waals surface area contributed by atoms with E-state index in [4.69, 9.17) is 4.74 Å². The quantitative estimate of drug-likeness (QED) is 0.885. The smallest absolute Gasteiger partial charge is 0.354 e. The minimum atomic E-state index is -1.04. The Morgan fingerprint density at radius 3 is 2.84 bits per heavy atom. The number of fused-ring (bicyclic) bond motifs is 1. The Morgan fingerprint density at radius 2 is 2.12 bits per heavy atom. The summed E-state index contributed by atoms with van der Waals surface area (Å²) in [5.74, 6) is -0.441. The van der Waals surface area contributed by atoms with Gasteiger partial charge in [0.05, 0.1) is 24.5 Å². The molecule has 0 spiro atoms. The van der Waals surface area contributed by atoms with Gasteiger partial charge in [-0.3, -0.25) is 4.68 Å². The number of aryl methyl sites for hydroxylation is 1. The lowest BCUT2D eigenvalue weighted by atomic mass is 10.1. The molecular formula is C17H20N4O4. The number of ether oxygens (including phenoxy) is 1.